The van der Waals surface area contributed by atoms with Gasteiger partial charge in [0.2, 0.25) is 11.6 Å². The SMILES string of the molecule is O.O=C1C(=O)c2cccc3cccc(c23)C1=O. The first-order valence-corrected chi connectivity index (χ1v) is 4.85. The minimum absolute atomic E-state index is 0. The molecule has 0 atom stereocenters. The highest BCUT2D eigenvalue weighted by atomic mass is 16.2. The topological polar surface area (TPSA) is 82.7 Å². The molecule has 1 aliphatic rings. The Bertz CT molecular complexity index is 617. The fourth-order valence-electron chi connectivity index (χ4n) is 2.07. The van der Waals surface area contributed by atoms with E-state index in [9.17, 15) is 14.4 Å². The second-order valence-electron chi connectivity index (χ2n) is 3.70. The van der Waals surface area contributed by atoms with Crippen molar-refractivity contribution in [2.75, 3.05) is 0 Å². The smallest absolute Gasteiger partial charge is 0.273 e. The molecular weight excluding hydrogens is 220 g/mol. The van der Waals surface area contributed by atoms with E-state index in [0.717, 1.165) is 5.39 Å². The molecule has 0 aromatic heterocycles. The van der Waals surface area contributed by atoms with Gasteiger partial charge in [-0.25, -0.2) is 0 Å². The zero-order valence-corrected chi connectivity index (χ0v) is 8.69. The van der Waals surface area contributed by atoms with E-state index in [1.807, 2.05) is 12.1 Å². The van der Waals surface area contributed by atoms with Crippen LogP contribution >= 0.6 is 0 Å². The fraction of sp³-hybridized carbons (Fsp3) is 0. The van der Waals surface area contributed by atoms with Crippen molar-refractivity contribution in [3.8, 4) is 0 Å². The van der Waals surface area contributed by atoms with Crippen molar-refractivity contribution in [1.82, 2.24) is 0 Å². The normalized spacial score (nSPS) is 13.8. The number of benzene rings is 2. The molecule has 0 heterocycles. The zero-order chi connectivity index (χ0) is 11.3. The third kappa shape index (κ3) is 1.31. The second kappa shape index (κ2) is 3.61. The highest BCUT2D eigenvalue weighted by Crippen LogP contribution is 2.28. The van der Waals surface area contributed by atoms with Crippen molar-refractivity contribution < 1.29 is 19.9 Å². The molecule has 2 N–H and O–H groups in total. The molecule has 0 aliphatic heterocycles. The Morgan fingerprint density at radius 2 is 1.12 bits per heavy atom. The van der Waals surface area contributed by atoms with Gasteiger partial charge in [0.1, 0.15) is 0 Å². The van der Waals surface area contributed by atoms with E-state index in [2.05, 4.69) is 0 Å². The summed E-state index contributed by atoms with van der Waals surface area (Å²) in [6, 6.07) is 10.2. The monoisotopic (exact) mass is 228 g/mol. The van der Waals surface area contributed by atoms with Gasteiger partial charge >= 0.3 is 0 Å². The number of hydrogen-bond acceptors (Lipinski definition) is 3. The lowest BCUT2D eigenvalue weighted by molar-refractivity contribution is -0.111. The molecule has 2 aromatic carbocycles. The molecule has 3 rings (SSSR count). The second-order valence-corrected chi connectivity index (χ2v) is 3.70. The van der Waals surface area contributed by atoms with Gasteiger partial charge in [-0.2, -0.15) is 0 Å². The number of Topliss-reactive ketones (excluding diaryl/α,β-unsaturated/α-hetero) is 3. The molecule has 0 saturated carbocycles. The van der Waals surface area contributed by atoms with E-state index >= 15 is 0 Å². The van der Waals surface area contributed by atoms with E-state index in [0.29, 0.717) is 16.5 Å². The maximum Gasteiger partial charge on any atom is 0.273 e. The standard InChI is InChI=1S/C13H6O3.H2O/c14-11-8-5-1-3-7-4-2-6-9(10(7)8)12(15)13(11)16;/h1-6H;1H2. The largest absolute Gasteiger partial charge is 0.412 e. The minimum Gasteiger partial charge on any atom is -0.412 e. The van der Waals surface area contributed by atoms with Crippen LogP contribution in [0.4, 0.5) is 0 Å². The molecule has 0 spiro atoms. The quantitative estimate of drug-likeness (QED) is 0.629. The van der Waals surface area contributed by atoms with E-state index in [1.165, 1.54) is 0 Å². The lowest BCUT2D eigenvalue weighted by Crippen LogP contribution is -2.28. The van der Waals surface area contributed by atoms with Gasteiger partial charge in [-0.3, -0.25) is 14.4 Å². The Labute approximate surface area is 96.2 Å². The van der Waals surface area contributed by atoms with Gasteiger partial charge in [0, 0.05) is 16.5 Å². The third-order valence-electron chi connectivity index (χ3n) is 2.81. The van der Waals surface area contributed by atoms with Gasteiger partial charge in [0.25, 0.3) is 5.78 Å². The summed E-state index contributed by atoms with van der Waals surface area (Å²) in [4.78, 5) is 34.7. The molecule has 0 bridgehead atoms. The fourth-order valence-corrected chi connectivity index (χ4v) is 2.07. The molecule has 4 nitrogen and oxygen atoms in total. The van der Waals surface area contributed by atoms with E-state index < -0.39 is 17.3 Å². The van der Waals surface area contributed by atoms with Crippen molar-refractivity contribution in [1.29, 1.82) is 0 Å². The van der Waals surface area contributed by atoms with Crippen LogP contribution in [0.2, 0.25) is 0 Å². The molecule has 4 heteroatoms. The van der Waals surface area contributed by atoms with Crippen molar-refractivity contribution in [3.63, 3.8) is 0 Å². The van der Waals surface area contributed by atoms with Crippen LogP contribution in [-0.4, -0.2) is 22.8 Å². The zero-order valence-electron chi connectivity index (χ0n) is 8.69. The first-order valence-electron chi connectivity index (χ1n) is 4.85. The Kier molecular flexibility index (Phi) is 2.37. The van der Waals surface area contributed by atoms with Crippen molar-refractivity contribution in [2.24, 2.45) is 0 Å². The van der Waals surface area contributed by atoms with Gasteiger partial charge in [-0.15, -0.1) is 0 Å². The van der Waals surface area contributed by atoms with Crippen LogP contribution < -0.4 is 0 Å². The number of ketones is 3. The Hall–Kier alpha value is -2.33. The van der Waals surface area contributed by atoms with Gasteiger partial charge in [-0.05, 0) is 5.39 Å². The lowest BCUT2D eigenvalue weighted by Gasteiger charge is -2.13. The summed E-state index contributed by atoms with van der Waals surface area (Å²) in [6.45, 7) is 0. The molecular formula is C13H8O4. The van der Waals surface area contributed by atoms with Gasteiger partial charge in [-0.1, -0.05) is 36.4 Å². The molecule has 84 valence electrons. The van der Waals surface area contributed by atoms with Gasteiger partial charge in [0.05, 0.1) is 0 Å². The Balaban J connectivity index is 0.00000108. The van der Waals surface area contributed by atoms with Crippen molar-refractivity contribution in [2.45, 2.75) is 0 Å². The number of rotatable bonds is 0. The molecule has 0 amide bonds. The Morgan fingerprint density at radius 1 is 0.647 bits per heavy atom. The summed E-state index contributed by atoms with van der Waals surface area (Å²) in [7, 11) is 0. The van der Waals surface area contributed by atoms with E-state index in [4.69, 9.17) is 0 Å². The van der Waals surface area contributed by atoms with Crippen LogP contribution in [-0.2, 0) is 4.79 Å². The first-order chi connectivity index (χ1) is 7.70. The minimum atomic E-state index is -0.939. The lowest BCUT2D eigenvalue weighted by atomic mass is 9.86. The summed E-state index contributed by atoms with van der Waals surface area (Å²) < 4.78 is 0. The predicted molar refractivity (Wildman–Crippen MR) is 61.2 cm³/mol. The molecule has 0 fully saturated rings. The third-order valence-corrected chi connectivity index (χ3v) is 2.81. The number of carbonyl (C=O) groups excluding carboxylic acids is 3. The number of carbonyl (C=O) groups is 3. The maximum atomic E-state index is 11.6. The molecule has 0 saturated heterocycles. The van der Waals surface area contributed by atoms with E-state index in [-0.39, 0.29) is 5.48 Å². The summed E-state index contributed by atoms with van der Waals surface area (Å²) in [5, 5.41) is 1.41. The highest BCUT2D eigenvalue weighted by Gasteiger charge is 2.33. The average molecular weight is 228 g/mol. The van der Waals surface area contributed by atoms with Crippen molar-refractivity contribution in [3.05, 3.63) is 47.5 Å². The average Bonchev–Trinajstić information content (AvgIpc) is 2.33. The van der Waals surface area contributed by atoms with Gasteiger partial charge in [0.15, 0.2) is 0 Å². The predicted octanol–water partition coefficient (Wildman–Crippen LogP) is 0.963. The summed E-state index contributed by atoms with van der Waals surface area (Å²) in [6.07, 6.45) is 0. The van der Waals surface area contributed by atoms with Crippen LogP contribution in [0.25, 0.3) is 10.8 Å². The van der Waals surface area contributed by atoms with Crippen LogP contribution in [0.1, 0.15) is 20.7 Å². The van der Waals surface area contributed by atoms with Crippen LogP contribution in [0.3, 0.4) is 0 Å². The van der Waals surface area contributed by atoms with Crippen LogP contribution in [0.5, 0.6) is 0 Å². The molecule has 1 aliphatic carbocycles. The summed E-state index contributed by atoms with van der Waals surface area (Å²) in [5.41, 5.74) is 0.662. The summed E-state index contributed by atoms with van der Waals surface area (Å²) >= 11 is 0. The summed E-state index contributed by atoms with van der Waals surface area (Å²) in [5.74, 6) is -2.34. The first kappa shape index (κ1) is 11.2. The molecule has 0 radical (unpaired) electrons. The van der Waals surface area contributed by atoms with Gasteiger partial charge < -0.3 is 5.48 Å². The van der Waals surface area contributed by atoms with E-state index in [1.54, 1.807) is 24.3 Å². The van der Waals surface area contributed by atoms with Crippen molar-refractivity contribution >= 4 is 28.1 Å². The number of hydrogen-bond donors (Lipinski definition) is 0. The van der Waals surface area contributed by atoms with Crippen LogP contribution in [0.15, 0.2) is 36.4 Å². The Morgan fingerprint density at radius 3 is 1.59 bits per heavy atom. The molecule has 0 unspecified atom stereocenters. The maximum absolute atomic E-state index is 11.6. The molecule has 17 heavy (non-hydrogen) atoms. The molecule has 2 aromatic rings. The van der Waals surface area contributed by atoms with Crippen LogP contribution in [0, 0.1) is 0 Å². The highest BCUT2D eigenvalue weighted by molar-refractivity contribution is 6.73.